The standard InChI is InChI=1S/C29H32F2N4O3S/c1-18-17-39-27(33-18)23-11-6-14-35(23)28(38)21-10-5-9-20(16-21)26(37)34-22(15-19-7-3-2-4-8-19)24(36)25-29(30,31)12-13-32-25/h2-5,7-10,16-17,22-25,32,36H,6,11-15H2,1H3,(H,34,37)/t22-,23?,24-,25?/m0/s1. The Morgan fingerprint density at radius 3 is 2.67 bits per heavy atom. The van der Waals surface area contributed by atoms with Crippen molar-refractivity contribution < 1.29 is 23.5 Å². The van der Waals surface area contributed by atoms with Crippen LogP contribution in [0.4, 0.5) is 8.78 Å². The first-order chi connectivity index (χ1) is 18.7. The number of carbonyl (C=O) groups is 2. The molecule has 10 heteroatoms. The molecule has 0 saturated carbocycles. The van der Waals surface area contributed by atoms with Crippen LogP contribution in [0.15, 0.2) is 60.0 Å². The largest absolute Gasteiger partial charge is 0.389 e. The van der Waals surface area contributed by atoms with Crippen molar-refractivity contribution in [3.63, 3.8) is 0 Å². The van der Waals surface area contributed by atoms with E-state index >= 15 is 0 Å². The minimum atomic E-state index is -3.09. The zero-order chi connectivity index (χ0) is 27.6. The number of amides is 2. The molecule has 2 fully saturated rings. The van der Waals surface area contributed by atoms with Gasteiger partial charge in [-0.3, -0.25) is 9.59 Å². The number of thiazole rings is 1. The van der Waals surface area contributed by atoms with Gasteiger partial charge in [-0.2, -0.15) is 0 Å². The summed E-state index contributed by atoms with van der Waals surface area (Å²) in [6.07, 6.45) is -0.0263. The number of alkyl halides is 2. The average Bonchev–Trinajstić information content (AvgIpc) is 3.67. The van der Waals surface area contributed by atoms with Crippen molar-refractivity contribution in [2.45, 2.75) is 62.8 Å². The van der Waals surface area contributed by atoms with Gasteiger partial charge in [-0.25, -0.2) is 13.8 Å². The summed E-state index contributed by atoms with van der Waals surface area (Å²) < 4.78 is 29.0. The van der Waals surface area contributed by atoms with Crippen molar-refractivity contribution in [2.24, 2.45) is 0 Å². The van der Waals surface area contributed by atoms with Gasteiger partial charge in [-0.1, -0.05) is 36.4 Å². The van der Waals surface area contributed by atoms with Gasteiger partial charge in [0.25, 0.3) is 17.7 Å². The molecule has 0 aliphatic carbocycles. The van der Waals surface area contributed by atoms with Crippen molar-refractivity contribution in [2.75, 3.05) is 13.1 Å². The number of nitrogens with zero attached hydrogens (tertiary/aromatic N) is 2. The van der Waals surface area contributed by atoms with Crippen LogP contribution in [0.2, 0.25) is 0 Å². The number of hydrogen-bond acceptors (Lipinski definition) is 6. The van der Waals surface area contributed by atoms with E-state index in [-0.39, 0.29) is 36.9 Å². The van der Waals surface area contributed by atoms with Crippen molar-refractivity contribution in [3.8, 4) is 0 Å². The summed E-state index contributed by atoms with van der Waals surface area (Å²) in [5, 5.41) is 19.3. The molecular weight excluding hydrogens is 522 g/mol. The molecule has 2 aliphatic rings. The van der Waals surface area contributed by atoms with Crippen LogP contribution in [0.1, 0.15) is 62.3 Å². The summed E-state index contributed by atoms with van der Waals surface area (Å²) in [7, 11) is 0. The zero-order valence-corrected chi connectivity index (χ0v) is 22.5. The predicted molar refractivity (Wildman–Crippen MR) is 145 cm³/mol. The van der Waals surface area contributed by atoms with E-state index < -0.39 is 30.0 Å². The number of benzene rings is 2. The van der Waals surface area contributed by atoms with E-state index in [4.69, 9.17) is 0 Å². The van der Waals surface area contributed by atoms with E-state index in [1.54, 1.807) is 34.4 Å². The van der Waals surface area contributed by atoms with Gasteiger partial charge in [-0.15, -0.1) is 11.3 Å². The normalized spacial score (nSPS) is 22.0. The second-order valence-electron chi connectivity index (χ2n) is 10.3. The highest BCUT2D eigenvalue weighted by Gasteiger charge is 2.49. The van der Waals surface area contributed by atoms with Crippen LogP contribution in [0.25, 0.3) is 0 Å². The number of aliphatic hydroxyl groups excluding tert-OH is 1. The SMILES string of the molecule is Cc1csc(C2CCCN2C(=O)c2cccc(C(=O)N[C@@H](Cc3ccccc3)[C@H](O)C3NCCC3(F)F)c2)n1. The maximum Gasteiger partial charge on any atom is 0.266 e. The summed E-state index contributed by atoms with van der Waals surface area (Å²) in [5.41, 5.74) is 2.31. The minimum Gasteiger partial charge on any atom is -0.389 e. The Hall–Kier alpha value is -3.21. The number of nitrogens with one attached hydrogen (secondary N) is 2. The number of halogens is 2. The van der Waals surface area contributed by atoms with Gasteiger partial charge in [-0.05, 0) is 49.9 Å². The van der Waals surface area contributed by atoms with E-state index in [0.717, 1.165) is 29.1 Å². The van der Waals surface area contributed by atoms with Crippen LogP contribution in [0.3, 0.4) is 0 Å². The first-order valence-corrected chi connectivity index (χ1v) is 14.1. The first kappa shape index (κ1) is 27.4. The molecule has 2 aromatic carbocycles. The van der Waals surface area contributed by atoms with Gasteiger partial charge in [0, 0.05) is 41.7 Å². The Bertz CT molecular complexity index is 1320. The van der Waals surface area contributed by atoms with Gasteiger partial charge in [0.05, 0.1) is 24.2 Å². The second kappa shape index (κ2) is 11.5. The van der Waals surface area contributed by atoms with Crippen molar-refractivity contribution in [1.82, 2.24) is 20.5 Å². The maximum atomic E-state index is 14.5. The molecule has 2 unspecified atom stereocenters. The van der Waals surface area contributed by atoms with Crippen LogP contribution in [-0.2, 0) is 6.42 Å². The lowest BCUT2D eigenvalue weighted by atomic mass is 9.93. The molecule has 0 bridgehead atoms. The Balaban J connectivity index is 1.34. The van der Waals surface area contributed by atoms with Crippen molar-refractivity contribution in [3.05, 3.63) is 87.4 Å². The molecule has 5 rings (SSSR count). The molecular formula is C29H32F2N4O3S. The highest BCUT2D eigenvalue weighted by atomic mass is 32.1. The predicted octanol–water partition coefficient (Wildman–Crippen LogP) is 4.13. The van der Waals surface area contributed by atoms with Crippen LogP contribution in [0.5, 0.6) is 0 Å². The second-order valence-corrected chi connectivity index (χ2v) is 11.2. The fourth-order valence-corrected chi connectivity index (χ4v) is 6.37. The summed E-state index contributed by atoms with van der Waals surface area (Å²) in [6, 6.07) is 13.0. The lowest BCUT2D eigenvalue weighted by Crippen LogP contribution is -2.56. The molecule has 4 atom stereocenters. The third-order valence-electron chi connectivity index (χ3n) is 7.45. The van der Waals surface area contributed by atoms with Gasteiger partial charge >= 0.3 is 0 Å². The fraction of sp³-hybridized carbons (Fsp3) is 0.414. The highest BCUT2D eigenvalue weighted by molar-refractivity contribution is 7.09. The van der Waals surface area contributed by atoms with E-state index in [1.165, 1.54) is 6.07 Å². The van der Waals surface area contributed by atoms with Gasteiger partial charge in [0.1, 0.15) is 5.01 Å². The zero-order valence-electron chi connectivity index (χ0n) is 21.6. The summed E-state index contributed by atoms with van der Waals surface area (Å²) >= 11 is 1.54. The van der Waals surface area contributed by atoms with Crippen LogP contribution in [-0.4, -0.2) is 64.0 Å². The van der Waals surface area contributed by atoms with Gasteiger partial charge in [0.2, 0.25) is 0 Å². The molecule has 1 aromatic heterocycles. The van der Waals surface area contributed by atoms with E-state index in [2.05, 4.69) is 15.6 Å². The number of aryl methyl sites for hydroxylation is 1. The van der Waals surface area contributed by atoms with Gasteiger partial charge in [0.15, 0.2) is 0 Å². The molecule has 3 heterocycles. The number of hydrogen-bond donors (Lipinski definition) is 3. The third kappa shape index (κ3) is 6.03. The van der Waals surface area contributed by atoms with Crippen LogP contribution < -0.4 is 10.6 Å². The topological polar surface area (TPSA) is 94.6 Å². The molecule has 2 amide bonds. The molecule has 2 aliphatic heterocycles. The summed E-state index contributed by atoms with van der Waals surface area (Å²) in [4.78, 5) is 33.2. The number of aromatic nitrogens is 1. The summed E-state index contributed by atoms with van der Waals surface area (Å²) in [5.74, 6) is -3.82. The first-order valence-electron chi connectivity index (χ1n) is 13.2. The fourth-order valence-electron chi connectivity index (χ4n) is 5.43. The van der Waals surface area contributed by atoms with Crippen LogP contribution in [0, 0.1) is 6.92 Å². The highest BCUT2D eigenvalue weighted by Crippen LogP contribution is 2.35. The molecule has 39 heavy (non-hydrogen) atoms. The molecule has 7 nitrogen and oxygen atoms in total. The lowest BCUT2D eigenvalue weighted by Gasteiger charge is -2.31. The number of aliphatic hydroxyl groups is 1. The Kier molecular flexibility index (Phi) is 8.06. The quantitative estimate of drug-likeness (QED) is 0.389. The number of carbonyl (C=O) groups excluding carboxylic acids is 2. The molecule has 3 N–H and O–H groups in total. The molecule has 2 saturated heterocycles. The van der Waals surface area contributed by atoms with Gasteiger partial charge < -0.3 is 20.6 Å². The van der Waals surface area contributed by atoms with E-state index in [9.17, 15) is 23.5 Å². The monoisotopic (exact) mass is 554 g/mol. The molecule has 206 valence electrons. The van der Waals surface area contributed by atoms with E-state index in [1.807, 2.05) is 42.6 Å². The van der Waals surface area contributed by atoms with Crippen molar-refractivity contribution in [1.29, 1.82) is 0 Å². The maximum absolute atomic E-state index is 14.5. The van der Waals surface area contributed by atoms with E-state index in [0.29, 0.717) is 12.1 Å². The van der Waals surface area contributed by atoms with Crippen LogP contribution >= 0.6 is 11.3 Å². The number of rotatable bonds is 8. The lowest BCUT2D eigenvalue weighted by molar-refractivity contribution is -0.0606. The molecule has 0 radical (unpaired) electrons. The summed E-state index contributed by atoms with van der Waals surface area (Å²) in [6.45, 7) is 2.62. The Morgan fingerprint density at radius 2 is 1.97 bits per heavy atom. The Morgan fingerprint density at radius 1 is 1.21 bits per heavy atom. The average molecular weight is 555 g/mol. The van der Waals surface area contributed by atoms with Crippen molar-refractivity contribution >= 4 is 23.2 Å². The minimum absolute atomic E-state index is 0.0863. The number of likely N-dealkylation sites (tertiary alicyclic amines) is 1. The smallest absolute Gasteiger partial charge is 0.266 e. The third-order valence-corrected chi connectivity index (χ3v) is 8.52. The molecule has 0 spiro atoms. The molecule has 3 aromatic rings. The Labute approximate surface area is 230 Å².